The van der Waals surface area contributed by atoms with Gasteiger partial charge in [0.1, 0.15) is 11.0 Å². The lowest BCUT2D eigenvalue weighted by atomic mass is 10.2. The van der Waals surface area contributed by atoms with Gasteiger partial charge in [-0.05, 0) is 24.3 Å². The highest BCUT2D eigenvalue weighted by atomic mass is 35.5. The molecular weight excluding hydrogens is 258 g/mol. The number of para-hydroxylation sites is 1. The fourth-order valence-corrected chi connectivity index (χ4v) is 2.03. The summed E-state index contributed by atoms with van der Waals surface area (Å²) in [7, 11) is 1.88. The SMILES string of the molecule is Cn1c(Cl)cnc1/C=C/c1ccc2ccccc2n1. The van der Waals surface area contributed by atoms with Crippen molar-refractivity contribution in [2.24, 2.45) is 7.05 Å². The predicted molar refractivity (Wildman–Crippen MR) is 78.9 cm³/mol. The number of benzene rings is 1. The Balaban J connectivity index is 1.95. The van der Waals surface area contributed by atoms with Crippen LogP contribution < -0.4 is 0 Å². The summed E-state index contributed by atoms with van der Waals surface area (Å²) in [6.07, 6.45) is 5.48. The molecule has 0 radical (unpaired) electrons. The van der Waals surface area contributed by atoms with Crippen LogP contribution in [0.4, 0.5) is 0 Å². The van der Waals surface area contributed by atoms with Gasteiger partial charge in [-0.3, -0.25) is 0 Å². The Morgan fingerprint density at radius 2 is 1.95 bits per heavy atom. The van der Waals surface area contributed by atoms with Gasteiger partial charge in [-0.15, -0.1) is 0 Å². The number of nitrogens with zero attached hydrogens (tertiary/aromatic N) is 3. The van der Waals surface area contributed by atoms with Crippen LogP contribution in [-0.2, 0) is 7.05 Å². The van der Waals surface area contributed by atoms with E-state index in [4.69, 9.17) is 11.6 Å². The van der Waals surface area contributed by atoms with Crippen molar-refractivity contribution in [2.75, 3.05) is 0 Å². The molecule has 3 nitrogen and oxygen atoms in total. The minimum Gasteiger partial charge on any atom is -0.319 e. The van der Waals surface area contributed by atoms with Gasteiger partial charge in [0.25, 0.3) is 0 Å². The second-order valence-electron chi connectivity index (χ2n) is 4.26. The summed E-state index contributed by atoms with van der Waals surface area (Å²) < 4.78 is 1.82. The molecule has 0 fully saturated rings. The summed E-state index contributed by atoms with van der Waals surface area (Å²) in [6, 6.07) is 12.1. The molecule has 3 aromatic rings. The number of rotatable bonds is 2. The van der Waals surface area contributed by atoms with Gasteiger partial charge in [0, 0.05) is 12.4 Å². The Morgan fingerprint density at radius 1 is 1.11 bits per heavy atom. The molecule has 0 unspecified atom stereocenters. The van der Waals surface area contributed by atoms with Gasteiger partial charge < -0.3 is 4.57 Å². The van der Waals surface area contributed by atoms with E-state index in [2.05, 4.69) is 16.0 Å². The highest BCUT2D eigenvalue weighted by Crippen LogP contribution is 2.14. The van der Waals surface area contributed by atoms with E-state index in [0.29, 0.717) is 5.15 Å². The van der Waals surface area contributed by atoms with Crippen molar-refractivity contribution in [3.63, 3.8) is 0 Å². The van der Waals surface area contributed by atoms with E-state index >= 15 is 0 Å². The van der Waals surface area contributed by atoms with E-state index in [1.54, 1.807) is 6.20 Å². The Kier molecular flexibility index (Phi) is 3.05. The standard InChI is InChI=1S/C15H12ClN3/c1-19-14(16)10-17-15(19)9-8-12-7-6-11-4-2-3-5-13(11)18-12/h2-10H,1H3/b9-8+. The monoisotopic (exact) mass is 269 g/mol. The Morgan fingerprint density at radius 3 is 2.74 bits per heavy atom. The number of aromatic nitrogens is 3. The summed E-state index contributed by atoms with van der Waals surface area (Å²) in [5.41, 5.74) is 1.89. The van der Waals surface area contributed by atoms with E-state index in [-0.39, 0.29) is 0 Å². The van der Waals surface area contributed by atoms with Gasteiger partial charge in [-0.2, -0.15) is 0 Å². The highest BCUT2D eigenvalue weighted by molar-refractivity contribution is 6.29. The van der Waals surface area contributed by atoms with Crippen molar-refractivity contribution < 1.29 is 0 Å². The molecule has 0 bridgehead atoms. The highest BCUT2D eigenvalue weighted by Gasteiger charge is 2.00. The van der Waals surface area contributed by atoms with Gasteiger partial charge in [0.15, 0.2) is 0 Å². The Labute approximate surface area is 116 Å². The van der Waals surface area contributed by atoms with Crippen LogP contribution in [0.15, 0.2) is 42.6 Å². The molecule has 0 aliphatic carbocycles. The molecule has 0 aliphatic rings. The smallest absolute Gasteiger partial charge is 0.133 e. The first-order chi connectivity index (χ1) is 9.24. The van der Waals surface area contributed by atoms with E-state index in [0.717, 1.165) is 22.4 Å². The molecule has 0 aliphatic heterocycles. The van der Waals surface area contributed by atoms with Crippen LogP contribution in [-0.4, -0.2) is 14.5 Å². The van der Waals surface area contributed by atoms with Crippen LogP contribution in [0.5, 0.6) is 0 Å². The average Bonchev–Trinajstić information content (AvgIpc) is 2.76. The molecular formula is C15H12ClN3. The van der Waals surface area contributed by atoms with Crippen molar-refractivity contribution in [1.82, 2.24) is 14.5 Å². The third-order valence-corrected chi connectivity index (χ3v) is 3.34. The maximum Gasteiger partial charge on any atom is 0.133 e. The third kappa shape index (κ3) is 2.37. The van der Waals surface area contributed by atoms with Gasteiger partial charge in [0.2, 0.25) is 0 Å². The largest absolute Gasteiger partial charge is 0.319 e. The van der Waals surface area contributed by atoms with Crippen molar-refractivity contribution in [1.29, 1.82) is 0 Å². The molecule has 2 aromatic heterocycles. The summed E-state index contributed by atoms with van der Waals surface area (Å²) in [5.74, 6) is 0.806. The number of imidazole rings is 1. The predicted octanol–water partition coefficient (Wildman–Crippen LogP) is 3.79. The summed E-state index contributed by atoms with van der Waals surface area (Å²) in [5, 5.41) is 1.76. The quantitative estimate of drug-likeness (QED) is 0.709. The fourth-order valence-electron chi connectivity index (χ4n) is 1.89. The molecule has 0 saturated carbocycles. The number of pyridine rings is 1. The molecule has 0 amide bonds. The molecule has 1 aromatic carbocycles. The second-order valence-corrected chi connectivity index (χ2v) is 4.65. The molecule has 0 N–H and O–H groups in total. The average molecular weight is 270 g/mol. The lowest BCUT2D eigenvalue weighted by Crippen LogP contribution is -1.91. The van der Waals surface area contributed by atoms with Crippen molar-refractivity contribution >= 4 is 34.7 Å². The Hall–Kier alpha value is -2.13. The molecule has 2 heterocycles. The lowest BCUT2D eigenvalue weighted by molar-refractivity contribution is 0.899. The second kappa shape index (κ2) is 4.86. The van der Waals surface area contributed by atoms with Crippen LogP contribution in [0, 0.1) is 0 Å². The maximum atomic E-state index is 5.94. The summed E-state index contributed by atoms with van der Waals surface area (Å²) >= 11 is 5.94. The van der Waals surface area contributed by atoms with E-state index in [9.17, 15) is 0 Å². The minimum absolute atomic E-state index is 0.617. The van der Waals surface area contributed by atoms with Crippen molar-refractivity contribution in [2.45, 2.75) is 0 Å². The van der Waals surface area contributed by atoms with Gasteiger partial charge in [-0.25, -0.2) is 9.97 Å². The van der Waals surface area contributed by atoms with Gasteiger partial charge in [0.05, 0.1) is 17.4 Å². The van der Waals surface area contributed by atoms with Crippen LogP contribution in [0.3, 0.4) is 0 Å². The normalized spacial score (nSPS) is 11.5. The maximum absolute atomic E-state index is 5.94. The first-order valence-corrected chi connectivity index (χ1v) is 6.33. The summed E-state index contributed by atoms with van der Waals surface area (Å²) in [6.45, 7) is 0. The number of fused-ring (bicyclic) bond motifs is 1. The van der Waals surface area contributed by atoms with Gasteiger partial charge >= 0.3 is 0 Å². The number of halogens is 1. The molecule has 0 spiro atoms. The molecule has 0 atom stereocenters. The summed E-state index contributed by atoms with van der Waals surface area (Å²) in [4.78, 5) is 8.78. The lowest BCUT2D eigenvalue weighted by Gasteiger charge is -1.99. The van der Waals surface area contributed by atoms with Crippen LogP contribution in [0.25, 0.3) is 23.1 Å². The number of hydrogen-bond donors (Lipinski definition) is 0. The van der Waals surface area contributed by atoms with Crippen molar-refractivity contribution in [3.8, 4) is 0 Å². The zero-order valence-corrected chi connectivity index (χ0v) is 11.2. The number of hydrogen-bond acceptors (Lipinski definition) is 2. The topological polar surface area (TPSA) is 30.7 Å². The van der Waals surface area contributed by atoms with Crippen molar-refractivity contribution in [3.05, 3.63) is 59.3 Å². The van der Waals surface area contributed by atoms with E-state index in [1.807, 2.05) is 54.1 Å². The first-order valence-electron chi connectivity index (χ1n) is 5.95. The fraction of sp³-hybridized carbons (Fsp3) is 0.0667. The zero-order chi connectivity index (χ0) is 13.2. The van der Waals surface area contributed by atoms with Crippen LogP contribution >= 0.6 is 11.6 Å². The third-order valence-electron chi connectivity index (χ3n) is 2.99. The molecule has 19 heavy (non-hydrogen) atoms. The first kappa shape index (κ1) is 11.9. The van der Waals surface area contributed by atoms with E-state index < -0.39 is 0 Å². The zero-order valence-electron chi connectivity index (χ0n) is 10.4. The molecule has 3 rings (SSSR count). The van der Waals surface area contributed by atoms with Crippen LogP contribution in [0.2, 0.25) is 5.15 Å². The Bertz CT molecular complexity index is 759. The minimum atomic E-state index is 0.617. The van der Waals surface area contributed by atoms with Gasteiger partial charge in [-0.1, -0.05) is 35.9 Å². The molecule has 0 saturated heterocycles. The molecule has 4 heteroatoms. The van der Waals surface area contributed by atoms with E-state index in [1.165, 1.54) is 0 Å². The van der Waals surface area contributed by atoms with Crippen LogP contribution in [0.1, 0.15) is 11.5 Å². The molecule has 94 valence electrons.